The van der Waals surface area contributed by atoms with Gasteiger partial charge >= 0.3 is 0 Å². The van der Waals surface area contributed by atoms with Gasteiger partial charge in [-0.1, -0.05) is 54.6 Å². The summed E-state index contributed by atoms with van der Waals surface area (Å²) >= 11 is 0. The van der Waals surface area contributed by atoms with Crippen molar-refractivity contribution in [1.82, 2.24) is 19.7 Å². The summed E-state index contributed by atoms with van der Waals surface area (Å²) in [5.41, 5.74) is 11.1. The Bertz CT molecular complexity index is 1330. The number of hydrogen-bond donors (Lipinski definition) is 1. The summed E-state index contributed by atoms with van der Waals surface area (Å²) in [5.74, 6) is 0.183. The highest BCUT2D eigenvalue weighted by Gasteiger charge is 2.34. The van der Waals surface area contributed by atoms with E-state index in [-0.39, 0.29) is 18.0 Å². The number of nitrogens with zero attached hydrogens (tertiary/aromatic N) is 4. The van der Waals surface area contributed by atoms with Crippen LogP contribution < -0.4 is 10.5 Å². The molecule has 0 bridgehead atoms. The second-order valence-corrected chi connectivity index (χ2v) is 8.56. The molecule has 2 aliphatic rings. The predicted octanol–water partition coefficient (Wildman–Crippen LogP) is 5.16. The van der Waals surface area contributed by atoms with Crippen molar-refractivity contribution in [2.45, 2.75) is 37.8 Å². The molecule has 8 heteroatoms. The first-order chi connectivity index (χ1) is 16.0. The fourth-order valence-corrected chi connectivity index (χ4v) is 4.58. The lowest BCUT2D eigenvalue weighted by Crippen LogP contribution is -2.43. The molecule has 2 aromatic heterocycles. The van der Waals surface area contributed by atoms with Crippen molar-refractivity contribution in [2.75, 3.05) is 0 Å². The van der Waals surface area contributed by atoms with Gasteiger partial charge in [0, 0.05) is 16.7 Å². The highest BCUT2D eigenvalue weighted by atomic mass is 19.3. The third kappa shape index (κ3) is 3.21. The molecule has 6 rings (SSSR count). The summed E-state index contributed by atoms with van der Waals surface area (Å²) in [6.45, 7) is 0.0263. The third-order valence-electron chi connectivity index (χ3n) is 6.56. The second kappa shape index (κ2) is 7.45. The monoisotopic (exact) mass is 445 g/mol. The SMILES string of the molecule is NC1(c2ccc(-c3nc4c(cc3-c3ccccc3)-n3c(nnc3C(F)F)CO4)cc2)CCC1. The van der Waals surface area contributed by atoms with E-state index in [1.165, 1.54) is 4.57 Å². The van der Waals surface area contributed by atoms with E-state index in [9.17, 15) is 8.78 Å². The van der Waals surface area contributed by atoms with E-state index >= 15 is 0 Å². The van der Waals surface area contributed by atoms with Crippen LogP contribution in [-0.2, 0) is 12.1 Å². The molecule has 2 N–H and O–H groups in total. The Morgan fingerprint density at radius 2 is 1.73 bits per heavy atom. The van der Waals surface area contributed by atoms with E-state index in [1.807, 2.05) is 48.5 Å². The molecule has 33 heavy (non-hydrogen) atoms. The lowest BCUT2D eigenvalue weighted by atomic mass is 9.72. The summed E-state index contributed by atoms with van der Waals surface area (Å²) in [4.78, 5) is 4.79. The maximum atomic E-state index is 13.6. The van der Waals surface area contributed by atoms with Crippen molar-refractivity contribution >= 4 is 0 Å². The molecule has 166 valence electrons. The number of halogens is 2. The molecule has 1 fully saturated rings. The average molecular weight is 445 g/mol. The second-order valence-electron chi connectivity index (χ2n) is 8.56. The van der Waals surface area contributed by atoms with Gasteiger partial charge in [0.15, 0.2) is 12.4 Å². The first-order valence-electron chi connectivity index (χ1n) is 10.9. The Morgan fingerprint density at radius 1 is 0.970 bits per heavy atom. The minimum absolute atomic E-state index is 0.0263. The van der Waals surface area contributed by atoms with Gasteiger partial charge in [-0.2, -0.15) is 0 Å². The number of alkyl halides is 2. The molecule has 6 nitrogen and oxygen atoms in total. The molecular formula is C25H21F2N5O. The summed E-state index contributed by atoms with van der Waals surface area (Å²) in [6, 6.07) is 19.7. The lowest BCUT2D eigenvalue weighted by Gasteiger charge is -2.38. The summed E-state index contributed by atoms with van der Waals surface area (Å²) in [6.07, 6.45) is 0.353. The molecule has 0 amide bonds. The maximum absolute atomic E-state index is 13.6. The van der Waals surface area contributed by atoms with E-state index in [1.54, 1.807) is 0 Å². The van der Waals surface area contributed by atoms with Crippen LogP contribution in [-0.4, -0.2) is 19.7 Å². The number of aromatic nitrogens is 4. The van der Waals surface area contributed by atoms with E-state index in [2.05, 4.69) is 22.3 Å². The minimum atomic E-state index is -2.76. The third-order valence-corrected chi connectivity index (χ3v) is 6.56. The van der Waals surface area contributed by atoms with Gasteiger partial charge in [0.05, 0.1) is 5.69 Å². The van der Waals surface area contributed by atoms with Crippen molar-refractivity contribution in [3.8, 4) is 34.0 Å². The van der Waals surface area contributed by atoms with Crippen molar-refractivity contribution in [3.63, 3.8) is 0 Å². The maximum Gasteiger partial charge on any atom is 0.297 e. The molecule has 1 aliphatic carbocycles. The fraction of sp³-hybridized carbons (Fsp3) is 0.240. The first kappa shape index (κ1) is 20.0. The smallest absolute Gasteiger partial charge is 0.297 e. The van der Waals surface area contributed by atoms with Gasteiger partial charge in [0.1, 0.15) is 5.69 Å². The molecular weight excluding hydrogens is 424 g/mol. The molecule has 4 aromatic rings. The van der Waals surface area contributed by atoms with E-state index in [0.717, 1.165) is 41.5 Å². The number of pyridine rings is 1. The van der Waals surface area contributed by atoms with Crippen molar-refractivity contribution < 1.29 is 13.5 Å². The number of ether oxygens (including phenoxy) is 1. The minimum Gasteiger partial charge on any atom is -0.468 e. The van der Waals surface area contributed by atoms with Crippen LogP contribution in [0.15, 0.2) is 60.7 Å². The van der Waals surface area contributed by atoms with Crippen LogP contribution >= 0.6 is 0 Å². The topological polar surface area (TPSA) is 78.9 Å². The molecule has 2 aromatic carbocycles. The molecule has 1 aliphatic heterocycles. The number of rotatable bonds is 4. The standard InChI is InChI=1S/C25H21F2N5O/c26-22(27)23-31-30-20-14-33-24-19(32(20)23)13-18(15-5-2-1-3-6-15)21(29-24)16-7-9-17(10-8-16)25(28)11-4-12-25/h1-3,5-10,13,22H,4,11-12,14,28H2. The van der Waals surface area contributed by atoms with Crippen molar-refractivity contribution in [2.24, 2.45) is 5.73 Å². The predicted molar refractivity (Wildman–Crippen MR) is 119 cm³/mol. The molecule has 1 saturated carbocycles. The Morgan fingerprint density at radius 3 is 2.39 bits per heavy atom. The zero-order valence-corrected chi connectivity index (χ0v) is 17.7. The molecule has 0 spiro atoms. The van der Waals surface area contributed by atoms with Crippen LogP contribution in [0.4, 0.5) is 8.78 Å². The van der Waals surface area contributed by atoms with Crippen LogP contribution in [0.2, 0.25) is 0 Å². The highest BCUT2D eigenvalue weighted by Crippen LogP contribution is 2.42. The van der Waals surface area contributed by atoms with E-state index in [4.69, 9.17) is 15.5 Å². The normalized spacial score (nSPS) is 16.0. The quantitative estimate of drug-likeness (QED) is 0.469. The Kier molecular flexibility index (Phi) is 4.51. The highest BCUT2D eigenvalue weighted by molar-refractivity contribution is 5.83. The van der Waals surface area contributed by atoms with Gasteiger partial charge in [-0.15, -0.1) is 10.2 Å². The lowest BCUT2D eigenvalue weighted by molar-refractivity contribution is 0.136. The van der Waals surface area contributed by atoms with Crippen molar-refractivity contribution in [3.05, 3.63) is 77.9 Å². The van der Waals surface area contributed by atoms with Crippen LogP contribution in [0.1, 0.15) is 42.9 Å². The summed E-state index contributed by atoms with van der Waals surface area (Å²) in [7, 11) is 0. The molecule has 0 unspecified atom stereocenters. The van der Waals surface area contributed by atoms with Gasteiger partial charge in [0.25, 0.3) is 6.43 Å². The van der Waals surface area contributed by atoms with Gasteiger partial charge in [-0.25, -0.2) is 13.8 Å². The number of benzene rings is 2. The van der Waals surface area contributed by atoms with E-state index in [0.29, 0.717) is 17.2 Å². The zero-order valence-electron chi connectivity index (χ0n) is 17.7. The van der Waals surface area contributed by atoms with Gasteiger partial charge in [-0.3, -0.25) is 4.57 Å². The largest absolute Gasteiger partial charge is 0.468 e. The molecule has 0 saturated heterocycles. The van der Waals surface area contributed by atoms with Crippen LogP contribution in [0.3, 0.4) is 0 Å². The Labute approximate surface area is 189 Å². The summed E-state index contributed by atoms with van der Waals surface area (Å²) < 4.78 is 34.4. The summed E-state index contributed by atoms with van der Waals surface area (Å²) in [5, 5.41) is 7.54. The Balaban J connectivity index is 1.53. The fourth-order valence-electron chi connectivity index (χ4n) is 4.58. The van der Waals surface area contributed by atoms with Gasteiger partial charge < -0.3 is 10.5 Å². The van der Waals surface area contributed by atoms with Gasteiger partial charge in [-0.05, 0) is 36.5 Å². The number of hydrogen-bond acceptors (Lipinski definition) is 5. The van der Waals surface area contributed by atoms with E-state index < -0.39 is 12.2 Å². The number of nitrogens with two attached hydrogens (primary N) is 1. The first-order valence-corrected chi connectivity index (χ1v) is 10.9. The average Bonchev–Trinajstić information content (AvgIpc) is 3.27. The van der Waals surface area contributed by atoms with Crippen LogP contribution in [0.25, 0.3) is 28.1 Å². The van der Waals surface area contributed by atoms with Crippen molar-refractivity contribution in [1.29, 1.82) is 0 Å². The molecule has 0 atom stereocenters. The Hall–Kier alpha value is -3.65. The number of fused-ring (bicyclic) bond motifs is 3. The zero-order chi connectivity index (χ0) is 22.6. The van der Waals surface area contributed by atoms with Gasteiger partial charge in [0.2, 0.25) is 11.7 Å². The molecule has 3 heterocycles. The molecule has 0 radical (unpaired) electrons. The van der Waals surface area contributed by atoms with Crippen LogP contribution in [0.5, 0.6) is 5.88 Å². The van der Waals surface area contributed by atoms with Crippen LogP contribution in [0, 0.1) is 0 Å².